The van der Waals surface area contributed by atoms with Crippen molar-refractivity contribution in [2.24, 2.45) is 10.7 Å². The van der Waals surface area contributed by atoms with Gasteiger partial charge in [-0.05, 0) is 31.0 Å². The summed E-state index contributed by atoms with van der Waals surface area (Å²) in [5, 5.41) is 6.83. The number of nitrogens with two attached hydrogens (primary N) is 1. The van der Waals surface area contributed by atoms with Crippen molar-refractivity contribution in [3.05, 3.63) is 88.6 Å². The van der Waals surface area contributed by atoms with Crippen LogP contribution in [-0.4, -0.2) is 33.3 Å². The molecular formula is C23H15ClF2N6O2. The van der Waals surface area contributed by atoms with E-state index in [0.29, 0.717) is 11.8 Å². The van der Waals surface area contributed by atoms with E-state index >= 15 is 0 Å². The van der Waals surface area contributed by atoms with Crippen molar-refractivity contribution >= 4 is 41.8 Å². The number of aliphatic imine (C=N–C) groups is 1. The maximum Gasteiger partial charge on any atom is 0.269 e. The third-order valence-electron chi connectivity index (χ3n) is 4.75. The molecule has 34 heavy (non-hydrogen) atoms. The highest BCUT2D eigenvalue weighted by Gasteiger charge is 2.20. The fraction of sp³-hybridized carbons (Fsp3) is 0. The average molecular weight is 481 g/mol. The normalized spacial score (nSPS) is 10.7. The number of primary amides is 1. The molecule has 0 atom stereocenters. The Morgan fingerprint density at radius 3 is 2.47 bits per heavy atom. The Morgan fingerprint density at radius 2 is 1.79 bits per heavy atom. The number of nitrogens with one attached hydrogen (secondary N) is 1. The Kier molecular flexibility index (Phi) is 6.15. The number of pyridine rings is 1. The van der Waals surface area contributed by atoms with E-state index in [1.54, 1.807) is 30.3 Å². The van der Waals surface area contributed by atoms with Gasteiger partial charge >= 0.3 is 0 Å². The van der Waals surface area contributed by atoms with Gasteiger partial charge < -0.3 is 11.1 Å². The standard InChI is InChI=1S/C23H15ClF2N6O2/c1-28-22-17(26)10-16(25)20(30-22)12-7-8-15(24)14(9-12)23(34)29-19-11-18(21(27)33)31-32(19)13-5-3-2-4-6-13/h2-11H,1H2,(H2,27,33)(H,29,34). The molecule has 2 aromatic heterocycles. The van der Waals surface area contributed by atoms with Crippen LogP contribution in [0.15, 0.2) is 65.7 Å². The zero-order chi connectivity index (χ0) is 24.4. The number of carbonyl (C=O) groups excluding carboxylic acids is 2. The first-order valence-corrected chi connectivity index (χ1v) is 10.1. The monoisotopic (exact) mass is 480 g/mol. The van der Waals surface area contributed by atoms with Crippen LogP contribution < -0.4 is 11.1 Å². The van der Waals surface area contributed by atoms with Crippen LogP contribution in [0, 0.1) is 11.6 Å². The number of nitrogens with zero attached hydrogens (tertiary/aromatic N) is 4. The highest BCUT2D eigenvalue weighted by atomic mass is 35.5. The number of para-hydroxylation sites is 1. The van der Waals surface area contributed by atoms with Crippen molar-refractivity contribution in [2.45, 2.75) is 0 Å². The summed E-state index contributed by atoms with van der Waals surface area (Å²) in [4.78, 5) is 32.0. The summed E-state index contributed by atoms with van der Waals surface area (Å²) >= 11 is 6.22. The summed E-state index contributed by atoms with van der Waals surface area (Å²) in [6.07, 6.45) is 0. The van der Waals surface area contributed by atoms with Gasteiger partial charge in [-0.1, -0.05) is 35.9 Å². The molecule has 2 aromatic carbocycles. The van der Waals surface area contributed by atoms with Crippen LogP contribution in [0.25, 0.3) is 16.9 Å². The maximum absolute atomic E-state index is 14.4. The van der Waals surface area contributed by atoms with Crippen molar-refractivity contribution in [1.82, 2.24) is 14.8 Å². The number of hydrogen-bond donors (Lipinski definition) is 2. The SMILES string of the molecule is C=Nc1nc(-c2ccc(Cl)c(C(=O)Nc3cc(C(N)=O)nn3-c3ccccc3)c2)c(F)cc1F. The molecule has 0 saturated carbocycles. The van der Waals surface area contributed by atoms with Crippen LogP contribution in [0.1, 0.15) is 20.8 Å². The molecule has 4 rings (SSSR count). The molecule has 0 fully saturated rings. The van der Waals surface area contributed by atoms with Gasteiger partial charge in [0, 0.05) is 17.7 Å². The predicted molar refractivity (Wildman–Crippen MR) is 124 cm³/mol. The Labute approximate surface area is 196 Å². The highest BCUT2D eigenvalue weighted by Crippen LogP contribution is 2.29. The first kappa shape index (κ1) is 22.7. The summed E-state index contributed by atoms with van der Waals surface area (Å²) in [6, 6.07) is 14.8. The summed E-state index contributed by atoms with van der Waals surface area (Å²) in [5.74, 6) is -3.62. The van der Waals surface area contributed by atoms with Crippen LogP contribution in [0.2, 0.25) is 5.02 Å². The molecule has 8 nitrogen and oxygen atoms in total. The maximum atomic E-state index is 14.4. The molecule has 170 valence electrons. The lowest BCUT2D eigenvalue weighted by atomic mass is 10.1. The molecule has 0 saturated heterocycles. The third-order valence-corrected chi connectivity index (χ3v) is 5.08. The predicted octanol–water partition coefficient (Wildman–Crippen LogP) is 4.55. The van der Waals surface area contributed by atoms with E-state index < -0.39 is 23.4 Å². The Bertz CT molecular complexity index is 1440. The van der Waals surface area contributed by atoms with E-state index in [9.17, 15) is 18.4 Å². The summed E-state index contributed by atoms with van der Waals surface area (Å²) in [5.41, 5.74) is 5.73. The van der Waals surface area contributed by atoms with Gasteiger partial charge in [0.1, 0.15) is 11.5 Å². The topological polar surface area (TPSA) is 115 Å². The molecule has 0 unspecified atom stereocenters. The molecule has 11 heteroatoms. The third kappa shape index (κ3) is 4.39. The van der Waals surface area contributed by atoms with Gasteiger partial charge in [0.05, 0.1) is 16.3 Å². The van der Waals surface area contributed by atoms with E-state index in [1.165, 1.54) is 28.9 Å². The van der Waals surface area contributed by atoms with E-state index in [1.807, 2.05) is 0 Å². The van der Waals surface area contributed by atoms with Crippen molar-refractivity contribution in [3.63, 3.8) is 0 Å². The van der Waals surface area contributed by atoms with Crippen LogP contribution in [0.4, 0.5) is 20.4 Å². The lowest BCUT2D eigenvalue weighted by Crippen LogP contribution is -2.16. The highest BCUT2D eigenvalue weighted by molar-refractivity contribution is 6.34. The lowest BCUT2D eigenvalue weighted by Gasteiger charge is -2.11. The lowest BCUT2D eigenvalue weighted by molar-refractivity contribution is 0.0992. The van der Waals surface area contributed by atoms with Crippen LogP contribution in [-0.2, 0) is 0 Å². The number of amides is 2. The minimum absolute atomic E-state index is 0.0285. The van der Waals surface area contributed by atoms with Crippen molar-refractivity contribution < 1.29 is 18.4 Å². The molecular weight excluding hydrogens is 466 g/mol. The van der Waals surface area contributed by atoms with E-state index in [0.717, 1.165) is 0 Å². The van der Waals surface area contributed by atoms with Gasteiger partial charge in [-0.2, -0.15) is 5.10 Å². The van der Waals surface area contributed by atoms with Gasteiger partial charge in [-0.15, -0.1) is 0 Å². The molecule has 0 aliphatic carbocycles. The molecule has 3 N–H and O–H groups in total. The molecule has 0 spiro atoms. The van der Waals surface area contributed by atoms with Gasteiger partial charge in [-0.3, -0.25) is 9.59 Å². The number of carbonyl (C=O) groups is 2. The summed E-state index contributed by atoms with van der Waals surface area (Å²) < 4.78 is 29.5. The minimum Gasteiger partial charge on any atom is -0.364 e. The van der Waals surface area contributed by atoms with Crippen molar-refractivity contribution in [3.8, 4) is 16.9 Å². The molecule has 4 aromatic rings. The van der Waals surface area contributed by atoms with Crippen molar-refractivity contribution in [2.75, 3.05) is 5.32 Å². The number of benzene rings is 2. The number of anilines is 1. The summed E-state index contributed by atoms with van der Waals surface area (Å²) in [6.45, 7) is 3.21. The minimum atomic E-state index is -0.970. The molecule has 0 aliphatic rings. The zero-order valence-electron chi connectivity index (χ0n) is 17.3. The Balaban J connectivity index is 1.73. The van der Waals surface area contributed by atoms with Crippen LogP contribution in [0.5, 0.6) is 0 Å². The molecule has 0 radical (unpaired) electrons. The first-order valence-electron chi connectivity index (χ1n) is 9.68. The number of aromatic nitrogens is 3. The second kappa shape index (κ2) is 9.20. The van der Waals surface area contributed by atoms with Gasteiger partial charge in [0.25, 0.3) is 11.8 Å². The number of hydrogen-bond acceptors (Lipinski definition) is 5. The molecule has 0 aliphatic heterocycles. The average Bonchev–Trinajstić information content (AvgIpc) is 3.24. The van der Waals surface area contributed by atoms with E-state index in [-0.39, 0.29) is 39.2 Å². The van der Waals surface area contributed by atoms with Crippen LogP contribution >= 0.6 is 11.6 Å². The molecule has 2 amide bonds. The van der Waals surface area contributed by atoms with Crippen LogP contribution in [0.3, 0.4) is 0 Å². The smallest absolute Gasteiger partial charge is 0.269 e. The second-order valence-corrected chi connectivity index (χ2v) is 7.36. The fourth-order valence-electron chi connectivity index (χ4n) is 3.16. The van der Waals surface area contributed by atoms with E-state index in [2.05, 4.69) is 27.1 Å². The Morgan fingerprint density at radius 1 is 1.06 bits per heavy atom. The number of halogens is 3. The zero-order valence-corrected chi connectivity index (χ0v) is 18.1. The van der Waals surface area contributed by atoms with Crippen molar-refractivity contribution in [1.29, 1.82) is 0 Å². The van der Waals surface area contributed by atoms with Gasteiger partial charge in [-0.25, -0.2) is 23.4 Å². The second-order valence-electron chi connectivity index (χ2n) is 6.96. The van der Waals surface area contributed by atoms with Gasteiger partial charge in [0.2, 0.25) is 0 Å². The summed E-state index contributed by atoms with van der Waals surface area (Å²) in [7, 11) is 0. The van der Waals surface area contributed by atoms with E-state index in [4.69, 9.17) is 17.3 Å². The fourth-order valence-corrected chi connectivity index (χ4v) is 3.36. The molecule has 0 bridgehead atoms. The quantitative estimate of drug-likeness (QED) is 0.394. The largest absolute Gasteiger partial charge is 0.364 e. The first-order chi connectivity index (χ1) is 16.3. The van der Waals surface area contributed by atoms with Gasteiger partial charge in [0.15, 0.2) is 23.1 Å². The number of rotatable bonds is 6. The molecule has 2 heterocycles. The Hall–Kier alpha value is -4.44.